The van der Waals surface area contributed by atoms with Crippen LogP contribution in [-0.2, 0) is 10.0 Å². The number of rotatable bonds is 4. The number of sulfonamides is 1. The summed E-state index contributed by atoms with van der Waals surface area (Å²) in [4.78, 5) is 2.24. The minimum absolute atomic E-state index is 0.00179. The highest BCUT2D eigenvalue weighted by molar-refractivity contribution is 7.90. The van der Waals surface area contributed by atoms with Crippen LogP contribution in [0.2, 0.25) is 0 Å². The van der Waals surface area contributed by atoms with E-state index in [9.17, 15) is 8.42 Å². The first-order chi connectivity index (χ1) is 13.8. The van der Waals surface area contributed by atoms with Crippen molar-refractivity contribution in [3.63, 3.8) is 0 Å². The maximum Gasteiger partial charge on any atom is 0.283 e. The van der Waals surface area contributed by atoms with Crippen LogP contribution in [0.15, 0.2) is 94.2 Å². The van der Waals surface area contributed by atoms with Crippen molar-refractivity contribution < 1.29 is 8.42 Å². The molecule has 3 aromatic carbocycles. The van der Waals surface area contributed by atoms with Gasteiger partial charge in [0.15, 0.2) is 0 Å². The van der Waals surface area contributed by atoms with Crippen LogP contribution in [0, 0.1) is 12.3 Å². The predicted octanol–water partition coefficient (Wildman–Crippen LogP) is 5.37. The highest BCUT2D eigenvalue weighted by Gasteiger charge is 2.54. The van der Waals surface area contributed by atoms with E-state index in [0.29, 0.717) is 5.84 Å². The van der Waals surface area contributed by atoms with E-state index in [-0.39, 0.29) is 10.9 Å². The molecule has 3 aromatic rings. The Balaban J connectivity index is 1.83. The fraction of sp³-hybridized carbons (Fsp3) is 0.208. The first kappa shape index (κ1) is 19.4. The number of benzene rings is 3. The van der Waals surface area contributed by atoms with Gasteiger partial charge < -0.3 is 4.90 Å². The van der Waals surface area contributed by atoms with Crippen molar-refractivity contribution >= 4 is 21.5 Å². The van der Waals surface area contributed by atoms with Crippen molar-refractivity contribution in [3.8, 4) is 0 Å². The van der Waals surface area contributed by atoms with Crippen molar-refractivity contribution in [2.24, 2.45) is 9.81 Å². The zero-order chi connectivity index (χ0) is 20.6. The Morgan fingerprint density at radius 3 is 1.97 bits per heavy atom. The second-order valence-corrected chi connectivity index (χ2v) is 9.55. The molecule has 5 heteroatoms. The molecule has 1 aliphatic rings. The predicted molar refractivity (Wildman–Crippen MR) is 118 cm³/mol. The van der Waals surface area contributed by atoms with Gasteiger partial charge in [-0.3, -0.25) is 0 Å². The van der Waals surface area contributed by atoms with Gasteiger partial charge in [0.1, 0.15) is 5.84 Å². The summed E-state index contributed by atoms with van der Waals surface area (Å²) < 4.78 is 30.4. The van der Waals surface area contributed by atoms with Crippen molar-refractivity contribution in [3.05, 3.63) is 96.1 Å². The molecule has 4 nitrogen and oxygen atoms in total. The first-order valence-corrected chi connectivity index (χ1v) is 11.1. The van der Waals surface area contributed by atoms with Gasteiger partial charge in [0.25, 0.3) is 10.0 Å². The summed E-state index contributed by atoms with van der Waals surface area (Å²) in [5.41, 5.74) is 2.64. The quantitative estimate of drug-likeness (QED) is 0.587. The average Bonchev–Trinajstić information content (AvgIpc) is 2.72. The molecule has 0 spiro atoms. The smallest absolute Gasteiger partial charge is 0.283 e. The summed E-state index contributed by atoms with van der Waals surface area (Å²) in [7, 11) is -3.81. The maximum absolute atomic E-state index is 13.0. The summed E-state index contributed by atoms with van der Waals surface area (Å²) in [5.74, 6) is 0.554. The standard InChI is InChI=1S/C24H24N2O2S/c1-18-14-16-21(17-15-18)29(27,28)25-23-24(2,3)22(19-10-6-4-7-11-19)26(23)20-12-8-5-9-13-20/h4-17,22H,1-3H3/b25-23-. The Morgan fingerprint density at radius 2 is 1.38 bits per heavy atom. The number of aryl methyl sites for hydroxylation is 1. The van der Waals surface area contributed by atoms with Crippen molar-refractivity contribution in [2.45, 2.75) is 31.7 Å². The molecule has 0 bridgehead atoms. The molecule has 148 valence electrons. The lowest BCUT2D eigenvalue weighted by atomic mass is 9.70. The summed E-state index contributed by atoms with van der Waals surface area (Å²) in [6.45, 7) is 6.03. The molecule has 1 heterocycles. The lowest BCUT2D eigenvalue weighted by Crippen LogP contribution is -2.61. The lowest BCUT2D eigenvalue weighted by molar-refractivity contribution is 0.339. The number of para-hydroxylation sites is 1. The molecule has 0 aliphatic carbocycles. The first-order valence-electron chi connectivity index (χ1n) is 9.62. The third-order valence-corrected chi connectivity index (χ3v) is 6.70. The fourth-order valence-electron chi connectivity index (χ4n) is 3.91. The van der Waals surface area contributed by atoms with Gasteiger partial charge in [-0.05, 0) is 36.8 Å². The Bertz CT molecular complexity index is 1140. The molecule has 0 amide bonds. The molecule has 0 saturated carbocycles. The number of hydrogen-bond donors (Lipinski definition) is 0. The maximum atomic E-state index is 13.0. The van der Waals surface area contributed by atoms with E-state index < -0.39 is 15.4 Å². The topological polar surface area (TPSA) is 49.7 Å². The van der Waals surface area contributed by atoms with E-state index in [0.717, 1.165) is 16.8 Å². The van der Waals surface area contributed by atoms with Gasteiger partial charge in [0.2, 0.25) is 0 Å². The van der Waals surface area contributed by atoms with Crippen LogP contribution in [0.1, 0.15) is 31.0 Å². The molecule has 4 rings (SSSR count). The lowest BCUT2D eigenvalue weighted by Gasteiger charge is -2.56. The molecule has 0 radical (unpaired) electrons. The zero-order valence-electron chi connectivity index (χ0n) is 16.8. The van der Waals surface area contributed by atoms with Crippen LogP contribution < -0.4 is 4.90 Å². The number of anilines is 1. The van der Waals surface area contributed by atoms with Crippen LogP contribution in [-0.4, -0.2) is 14.3 Å². The van der Waals surface area contributed by atoms with Gasteiger partial charge in [-0.25, -0.2) is 0 Å². The van der Waals surface area contributed by atoms with Crippen LogP contribution in [0.5, 0.6) is 0 Å². The molecule has 1 fully saturated rings. The van der Waals surface area contributed by atoms with Crippen molar-refractivity contribution in [2.75, 3.05) is 4.90 Å². The van der Waals surface area contributed by atoms with Crippen molar-refractivity contribution in [1.82, 2.24) is 0 Å². The van der Waals surface area contributed by atoms with E-state index >= 15 is 0 Å². The van der Waals surface area contributed by atoms with Gasteiger partial charge in [-0.15, -0.1) is 4.40 Å². The highest BCUT2D eigenvalue weighted by Crippen LogP contribution is 2.52. The Morgan fingerprint density at radius 1 is 0.828 bits per heavy atom. The minimum atomic E-state index is -3.81. The van der Waals surface area contributed by atoms with Gasteiger partial charge in [-0.1, -0.05) is 80.1 Å². The molecular formula is C24H24N2O2S. The average molecular weight is 405 g/mol. The third kappa shape index (κ3) is 3.47. The largest absolute Gasteiger partial charge is 0.320 e. The minimum Gasteiger partial charge on any atom is -0.320 e. The van der Waals surface area contributed by atoms with Gasteiger partial charge in [0.05, 0.1) is 10.9 Å². The summed E-state index contributed by atoms with van der Waals surface area (Å²) in [6, 6.07) is 26.8. The molecule has 1 atom stereocenters. The van der Waals surface area contributed by atoms with Crippen molar-refractivity contribution in [1.29, 1.82) is 0 Å². The van der Waals surface area contributed by atoms with Gasteiger partial charge in [-0.2, -0.15) is 8.42 Å². The van der Waals surface area contributed by atoms with E-state index in [4.69, 9.17) is 0 Å². The second kappa shape index (κ2) is 7.16. The zero-order valence-corrected chi connectivity index (χ0v) is 17.6. The molecule has 0 N–H and O–H groups in total. The molecule has 0 aromatic heterocycles. The SMILES string of the molecule is Cc1ccc(S(=O)(=O)/N=C2\N(c3ccccc3)C(c3ccccc3)C2(C)C)cc1. The summed E-state index contributed by atoms with van der Waals surface area (Å²) in [6.07, 6.45) is 0. The Labute approximate surface area is 172 Å². The third-order valence-electron chi connectivity index (χ3n) is 5.42. The van der Waals surface area contributed by atoms with E-state index in [1.54, 1.807) is 24.3 Å². The van der Waals surface area contributed by atoms with Crippen LogP contribution in [0.3, 0.4) is 0 Å². The highest BCUT2D eigenvalue weighted by atomic mass is 32.2. The van der Waals surface area contributed by atoms with E-state index in [2.05, 4.69) is 16.5 Å². The monoisotopic (exact) mass is 404 g/mol. The Hall–Kier alpha value is -2.92. The Kier molecular flexibility index (Phi) is 4.79. The molecule has 29 heavy (non-hydrogen) atoms. The normalized spacial score (nSPS) is 19.8. The fourth-order valence-corrected chi connectivity index (χ4v) is 5.05. The molecular weight excluding hydrogens is 380 g/mol. The second-order valence-electron chi connectivity index (χ2n) is 7.94. The van der Waals surface area contributed by atoms with Crippen LogP contribution in [0.25, 0.3) is 0 Å². The number of amidine groups is 1. The van der Waals surface area contributed by atoms with E-state index in [1.165, 1.54) is 0 Å². The van der Waals surface area contributed by atoms with Gasteiger partial charge >= 0.3 is 0 Å². The van der Waals surface area contributed by atoms with E-state index in [1.807, 2.05) is 74.2 Å². The van der Waals surface area contributed by atoms with Crippen LogP contribution in [0.4, 0.5) is 5.69 Å². The van der Waals surface area contributed by atoms with Crippen LogP contribution >= 0.6 is 0 Å². The van der Waals surface area contributed by atoms with Gasteiger partial charge in [0, 0.05) is 11.1 Å². The summed E-state index contributed by atoms with van der Waals surface area (Å²) >= 11 is 0. The molecule has 1 aliphatic heterocycles. The number of hydrogen-bond acceptors (Lipinski definition) is 2. The molecule has 1 saturated heterocycles. The summed E-state index contributed by atoms with van der Waals surface area (Å²) in [5, 5.41) is 0. The molecule has 1 unspecified atom stereocenters. The number of nitrogens with zero attached hydrogens (tertiary/aromatic N) is 2.